The van der Waals surface area contributed by atoms with Crippen molar-refractivity contribution in [3.63, 3.8) is 0 Å². The molecule has 1 fully saturated rings. The van der Waals surface area contributed by atoms with Crippen molar-refractivity contribution in [2.24, 2.45) is 0 Å². The van der Waals surface area contributed by atoms with E-state index in [1.807, 2.05) is 36.1 Å². The molecule has 1 heterocycles. The summed E-state index contributed by atoms with van der Waals surface area (Å²) < 4.78 is 5.38. The first kappa shape index (κ1) is 15.5. The molecule has 2 rings (SSSR count). The number of hydrogen-bond acceptors (Lipinski definition) is 4. The Kier molecular flexibility index (Phi) is 5.30. The number of nitrogens with zero attached hydrogens (tertiary/aromatic N) is 1. The van der Waals surface area contributed by atoms with Crippen LogP contribution in [0.1, 0.15) is 12.0 Å². The molecule has 0 saturated carbocycles. The summed E-state index contributed by atoms with van der Waals surface area (Å²) in [5.74, 6) is -0.980. The zero-order chi connectivity index (χ0) is 15.2. The minimum Gasteiger partial charge on any atom is -0.481 e. The molecular formula is C15H20N2O4. The van der Waals surface area contributed by atoms with Crippen LogP contribution in [0.3, 0.4) is 0 Å². The van der Waals surface area contributed by atoms with E-state index in [4.69, 9.17) is 9.84 Å². The van der Waals surface area contributed by atoms with Crippen LogP contribution in [0.4, 0.5) is 5.69 Å². The van der Waals surface area contributed by atoms with Crippen LogP contribution in [0, 0.1) is 6.92 Å². The lowest BCUT2D eigenvalue weighted by Gasteiger charge is -2.31. The molecule has 1 amide bonds. The predicted octanol–water partition coefficient (Wildman–Crippen LogP) is 1.11. The van der Waals surface area contributed by atoms with Crippen LogP contribution in [-0.2, 0) is 14.3 Å². The molecule has 6 heteroatoms. The molecule has 2 N–H and O–H groups in total. The second kappa shape index (κ2) is 7.19. The van der Waals surface area contributed by atoms with Gasteiger partial charge in [-0.2, -0.15) is 0 Å². The Morgan fingerprint density at radius 1 is 1.43 bits per heavy atom. The molecule has 0 aliphatic carbocycles. The van der Waals surface area contributed by atoms with Crippen LogP contribution < -0.4 is 5.32 Å². The normalized spacial score (nSPS) is 19.2. The minimum absolute atomic E-state index is 0.0318. The highest BCUT2D eigenvalue weighted by atomic mass is 16.5. The van der Waals surface area contributed by atoms with E-state index in [2.05, 4.69) is 5.32 Å². The minimum atomic E-state index is -0.883. The molecule has 1 aromatic rings. The molecule has 1 unspecified atom stereocenters. The highest BCUT2D eigenvalue weighted by molar-refractivity contribution is 5.92. The number of anilines is 1. The Morgan fingerprint density at radius 3 is 2.90 bits per heavy atom. The van der Waals surface area contributed by atoms with Crippen molar-refractivity contribution < 1.29 is 19.4 Å². The average Bonchev–Trinajstić information content (AvgIpc) is 2.41. The van der Waals surface area contributed by atoms with E-state index in [0.29, 0.717) is 19.7 Å². The quantitative estimate of drug-likeness (QED) is 0.850. The number of para-hydroxylation sites is 1. The van der Waals surface area contributed by atoms with E-state index in [-0.39, 0.29) is 25.0 Å². The molecule has 6 nitrogen and oxygen atoms in total. The maximum absolute atomic E-state index is 12.1. The van der Waals surface area contributed by atoms with E-state index < -0.39 is 5.97 Å². The van der Waals surface area contributed by atoms with Crippen molar-refractivity contribution in [2.45, 2.75) is 19.4 Å². The molecule has 0 bridgehead atoms. The van der Waals surface area contributed by atoms with Gasteiger partial charge in [-0.25, -0.2) is 0 Å². The molecule has 0 radical (unpaired) electrons. The van der Waals surface area contributed by atoms with Gasteiger partial charge in [0.2, 0.25) is 5.91 Å². The second-order valence-corrected chi connectivity index (χ2v) is 5.19. The first-order valence-corrected chi connectivity index (χ1v) is 6.96. The number of nitrogens with one attached hydrogen (secondary N) is 1. The van der Waals surface area contributed by atoms with Gasteiger partial charge >= 0.3 is 5.97 Å². The summed E-state index contributed by atoms with van der Waals surface area (Å²) in [6.45, 7) is 3.74. The summed E-state index contributed by atoms with van der Waals surface area (Å²) in [5, 5.41) is 11.7. The number of ether oxygens (including phenoxy) is 1. The predicted molar refractivity (Wildman–Crippen MR) is 78.2 cm³/mol. The van der Waals surface area contributed by atoms with Gasteiger partial charge in [0.15, 0.2) is 0 Å². The Morgan fingerprint density at radius 2 is 2.19 bits per heavy atom. The number of rotatable bonds is 5. The molecule has 0 aromatic heterocycles. The number of morpholine rings is 1. The monoisotopic (exact) mass is 292 g/mol. The number of benzene rings is 1. The lowest BCUT2D eigenvalue weighted by Crippen LogP contribution is -2.46. The first-order chi connectivity index (χ1) is 10.0. The van der Waals surface area contributed by atoms with Crippen LogP contribution in [0.15, 0.2) is 24.3 Å². The lowest BCUT2D eigenvalue weighted by atomic mass is 10.2. The Balaban J connectivity index is 1.85. The van der Waals surface area contributed by atoms with Gasteiger partial charge in [0.1, 0.15) is 0 Å². The number of carbonyl (C=O) groups excluding carboxylic acids is 1. The van der Waals surface area contributed by atoms with E-state index in [1.54, 1.807) is 0 Å². The van der Waals surface area contributed by atoms with E-state index in [0.717, 1.165) is 11.3 Å². The van der Waals surface area contributed by atoms with Crippen molar-refractivity contribution in [2.75, 3.05) is 31.6 Å². The van der Waals surface area contributed by atoms with Crippen molar-refractivity contribution in [3.8, 4) is 0 Å². The molecule has 1 aliphatic heterocycles. The van der Waals surface area contributed by atoms with Gasteiger partial charge in [-0.1, -0.05) is 18.2 Å². The van der Waals surface area contributed by atoms with E-state index >= 15 is 0 Å². The number of carboxylic acid groups (broad SMARTS) is 1. The van der Waals surface area contributed by atoms with E-state index in [9.17, 15) is 9.59 Å². The largest absolute Gasteiger partial charge is 0.481 e. The van der Waals surface area contributed by atoms with Gasteiger partial charge in [-0.05, 0) is 18.6 Å². The van der Waals surface area contributed by atoms with Gasteiger partial charge in [-0.3, -0.25) is 14.5 Å². The summed E-state index contributed by atoms with van der Waals surface area (Å²) in [6, 6.07) is 7.59. The number of carboxylic acids is 1. The molecule has 1 atom stereocenters. The fourth-order valence-electron chi connectivity index (χ4n) is 2.35. The van der Waals surface area contributed by atoms with Crippen LogP contribution in [0.25, 0.3) is 0 Å². The van der Waals surface area contributed by atoms with Crippen LogP contribution in [0.2, 0.25) is 0 Å². The third-order valence-corrected chi connectivity index (χ3v) is 3.41. The summed E-state index contributed by atoms with van der Waals surface area (Å²) in [5.41, 5.74) is 1.81. The van der Waals surface area contributed by atoms with Crippen molar-refractivity contribution >= 4 is 17.6 Å². The number of hydrogen-bond donors (Lipinski definition) is 2. The fraction of sp³-hybridized carbons (Fsp3) is 0.467. The third-order valence-electron chi connectivity index (χ3n) is 3.41. The first-order valence-electron chi connectivity index (χ1n) is 6.96. The maximum Gasteiger partial charge on any atom is 0.306 e. The van der Waals surface area contributed by atoms with Gasteiger partial charge in [0, 0.05) is 18.8 Å². The van der Waals surface area contributed by atoms with Gasteiger partial charge in [-0.15, -0.1) is 0 Å². The number of amides is 1. The highest BCUT2D eigenvalue weighted by Crippen LogP contribution is 2.13. The zero-order valence-electron chi connectivity index (χ0n) is 12.0. The fourth-order valence-corrected chi connectivity index (χ4v) is 2.35. The SMILES string of the molecule is Cc1ccccc1NC(=O)CN1CCOC(CC(=O)O)C1. The molecular weight excluding hydrogens is 272 g/mol. The molecule has 21 heavy (non-hydrogen) atoms. The topological polar surface area (TPSA) is 78.9 Å². The molecule has 1 saturated heterocycles. The number of carbonyl (C=O) groups is 2. The standard InChI is InChI=1S/C15H20N2O4/c1-11-4-2-3-5-13(11)16-14(18)10-17-6-7-21-12(9-17)8-15(19)20/h2-5,12H,6-10H2,1H3,(H,16,18)(H,19,20). The lowest BCUT2D eigenvalue weighted by molar-refractivity contribution is -0.142. The van der Waals surface area contributed by atoms with Crippen LogP contribution in [-0.4, -0.2) is 54.2 Å². The summed E-state index contributed by atoms with van der Waals surface area (Å²) >= 11 is 0. The zero-order valence-corrected chi connectivity index (χ0v) is 12.0. The Bertz CT molecular complexity index is 518. The molecule has 114 valence electrons. The van der Waals surface area contributed by atoms with E-state index in [1.165, 1.54) is 0 Å². The maximum atomic E-state index is 12.1. The average molecular weight is 292 g/mol. The second-order valence-electron chi connectivity index (χ2n) is 5.19. The van der Waals surface area contributed by atoms with Crippen LogP contribution >= 0.6 is 0 Å². The van der Waals surface area contributed by atoms with Crippen molar-refractivity contribution in [1.82, 2.24) is 4.90 Å². The highest BCUT2D eigenvalue weighted by Gasteiger charge is 2.24. The third kappa shape index (κ3) is 4.84. The Hall–Kier alpha value is -1.92. The van der Waals surface area contributed by atoms with Crippen molar-refractivity contribution in [3.05, 3.63) is 29.8 Å². The number of aliphatic carboxylic acids is 1. The summed E-state index contributed by atoms with van der Waals surface area (Å²) in [7, 11) is 0. The summed E-state index contributed by atoms with van der Waals surface area (Å²) in [4.78, 5) is 24.7. The van der Waals surface area contributed by atoms with Gasteiger partial charge in [0.25, 0.3) is 0 Å². The molecule has 1 aromatic carbocycles. The van der Waals surface area contributed by atoms with Gasteiger partial charge in [0.05, 0.1) is 25.7 Å². The van der Waals surface area contributed by atoms with Crippen LogP contribution in [0.5, 0.6) is 0 Å². The molecule has 1 aliphatic rings. The molecule has 0 spiro atoms. The van der Waals surface area contributed by atoms with Crippen molar-refractivity contribution in [1.29, 1.82) is 0 Å². The number of aryl methyl sites for hydroxylation is 1. The summed E-state index contributed by atoms with van der Waals surface area (Å²) in [6.07, 6.45) is -0.377. The smallest absolute Gasteiger partial charge is 0.306 e. The van der Waals surface area contributed by atoms with Gasteiger partial charge < -0.3 is 15.2 Å². The Labute approximate surface area is 123 Å².